The Hall–Kier alpha value is -3.26. The molecule has 6 nitrogen and oxygen atoms in total. The number of carbonyl (C=O) groups is 2. The number of pyridine rings is 1. The molecule has 1 aliphatic heterocycles. The van der Waals surface area contributed by atoms with Crippen LogP contribution < -0.4 is 0 Å². The first-order valence-corrected chi connectivity index (χ1v) is 13.5. The first-order chi connectivity index (χ1) is 18.2. The number of aromatic nitrogens is 1. The van der Waals surface area contributed by atoms with Crippen molar-refractivity contribution in [2.24, 2.45) is 5.10 Å². The molecule has 0 aliphatic carbocycles. The maximum absolute atomic E-state index is 13.3. The van der Waals surface area contributed by atoms with Crippen molar-refractivity contribution in [1.82, 2.24) is 9.99 Å². The third-order valence-corrected chi connectivity index (χ3v) is 7.57. The van der Waals surface area contributed by atoms with Crippen LogP contribution in [0, 0.1) is 6.92 Å². The van der Waals surface area contributed by atoms with Crippen LogP contribution in [0.25, 0.3) is 22.0 Å². The van der Waals surface area contributed by atoms with E-state index in [1.54, 1.807) is 18.2 Å². The summed E-state index contributed by atoms with van der Waals surface area (Å²) in [7, 11) is 0. The molecule has 1 atom stereocenters. The summed E-state index contributed by atoms with van der Waals surface area (Å²) in [5, 5.41) is 17.2. The highest BCUT2D eigenvalue weighted by molar-refractivity contribution is 9.10. The number of aryl methyl sites for hydroxylation is 1. The summed E-state index contributed by atoms with van der Waals surface area (Å²) in [5.74, 6) is -1.44. The minimum Gasteiger partial charge on any atom is -0.481 e. The molecule has 1 aromatic heterocycles. The normalized spacial score (nSPS) is 15.1. The number of benzene rings is 3. The fourth-order valence-corrected chi connectivity index (χ4v) is 5.75. The van der Waals surface area contributed by atoms with Crippen LogP contribution in [0.3, 0.4) is 0 Å². The predicted molar refractivity (Wildman–Crippen MR) is 154 cm³/mol. The minimum atomic E-state index is -1.05. The third kappa shape index (κ3) is 5.19. The van der Waals surface area contributed by atoms with Gasteiger partial charge in [0.25, 0.3) is 0 Å². The molecule has 0 fully saturated rings. The Balaban J connectivity index is 1.70. The van der Waals surface area contributed by atoms with E-state index in [0.29, 0.717) is 27.7 Å². The molecule has 0 unspecified atom stereocenters. The lowest BCUT2D eigenvalue weighted by atomic mass is 9.89. The van der Waals surface area contributed by atoms with Gasteiger partial charge in [0.1, 0.15) is 0 Å². The quantitative estimate of drug-likeness (QED) is 0.241. The van der Waals surface area contributed by atoms with Crippen LogP contribution in [0.1, 0.15) is 42.1 Å². The Morgan fingerprint density at radius 1 is 1.03 bits per heavy atom. The summed E-state index contributed by atoms with van der Waals surface area (Å²) in [6.45, 7) is 1.94. The van der Waals surface area contributed by atoms with E-state index in [-0.39, 0.29) is 12.8 Å². The predicted octanol–water partition coefficient (Wildman–Crippen LogP) is 7.82. The molecule has 0 radical (unpaired) electrons. The van der Waals surface area contributed by atoms with Gasteiger partial charge in [0.2, 0.25) is 5.91 Å². The number of carboxylic acids is 1. The van der Waals surface area contributed by atoms with Crippen molar-refractivity contribution in [3.05, 3.63) is 98.1 Å². The summed E-state index contributed by atoms with van der Waals surface area (Å²) in [6, 6.07) is 20.6. The monoisotopic (exact) mass is 609 g/mol. The lowest BCUT2D eigenvalue weighted by molar-refractivity contribution is -0.141. The average molecular weight is 611 g/mol. The fraction of sp³-hybridized carbons (Fsp3) is 0.172. The van der Waals surface area contributed by atoms with Crippen molar-refractivity contribution in [3.8, 4) is 11.1 Å². The van der Waals surface area contributed by atoms with Gasteiger partial charge in [-0.15, -0.1) is 0 Å². The number of halogens is 3. The zero-order valence-electron chi connectivity index (χ0n) is 20.3. The number of aliphatic carboxylic acids is 1. The maximum atomic E-state index is 13.3. The standard InChI is InChI=1S/C29H22BrCl2N3O3/c1-16-28(29(17-5-3-2-4-6-17)21-13-18(30)7-10-23(21)33-16)24-15-25(20-9-8-19(31)14-22(20)32)35(34-24)26(36)11-12-27(37)38/h2-10,13-14,25H,11-12,15H2,1H3,(H,37,38)/t25-/m0/s1. The number of carbonyl (C=O) groups excluding carboxylic acids is 1. The molecular weight excluding hydrogens is 589 g/mol. The van der Waals surface area contributed by atoms with Crippen LogP contribution in [-0.4, -0.2) is 32.7 Å². The second-order valence-corrected chi connectivity index (χ2v) is 10.8. The minimum absolute atomic E-state index is 0.179. The zero-order chi connectivity index (χ0) is 27.0. The average Bonchev–Trinajstić information content (AvgIpc) is 3.32. The van der Waals surface area contributed by atoms with Gasteiger partial charge in [-0.05, 0) is 48.4 Å². The van der Waals surface area contributed by atoms with Crippen LogP contribution >= 0.6 is 39.1 Å². The Morgan fingerprint density at radius 2 is 1.79 bits per heavy atom. The van der Waals surface area contributed by atoms with Crippen LogP contribution in [0.5, 0.6) is 0 Å². The second kappa shape index (κ2) is 10.8. The Kier molecular flexibility index (Phi) is 7.52. The van der Waals surface area contributed by atoms with Crippen LogP contribution in [0.2, 0.25) is 10.0 Å². The molecular formula is C29H22BrCl2N3O3. The number of hydrogen-bond donors (Lipinski definition) is 1. The van der Waals surface area contributed by atoms with E-state index in [1.165, 1.54) is 5.01 Å². The van der Waals surface area contributed by atoms with Gasteiger partial charge in [-0.1, -0.05) is 75.5 Å². The summed E-state index contributed by atoms with van der Waals surface area (Å²) in [5.41, 5.74) is 5.79. The fourth-order valence-electron chi connectivity index (χ4n) is 4.85. The van der Waals surface area contributed by atoms with Crippen LogP contribution in [0.4, 0.5) is 0 Å². The summed E-state index contributed by atoms with van der Waals surface area (Å²) < 4.78 is 0.920. The van der Waals surface area contributed by atoms with Crippen molar-refractivity contribution in [1.29, 1.82) is 0 Å². The van der Waals surface area contributed by atoms with Gasteiger partial charge >= 0.3 is 5.97 Å². The van der Waals surface area contributed by atoms with E-state index in [9.17, 15) is 9.59 Å². The van der Waals surface area contributed by atoms with E-state index in [1.807, 2.05) is 55.5 Å². The number of carboxylic acid groups (broad SMARTS) is 1. The van der Waals surface area contributed by atoms with Crippen LogP contribution in [-0.2, 0) is 9.59 Å². The lowest BCUT2D eigenvalue weighted by Crippen LogP contribution is -2.27. The van der Waals surface area contributed by atoms with E-state index in [0.717, 1.165) is 37.8 Å². The van der Waals surface area contributed by atoms with Crippen molar-refractivity contribution in [2.45, 2.75) is 32.2 Å². The molecule has 0 saturated heterocycles. The SMILES string of the molecule is Cc1nc2ccc(Br)cc2c(-c2ccccc2)c1C1=NN(C(=O)CCC(=O)O)[C@H](c2ccc(Cl)cc2Cl)C1. The molecule has 0 bridgehead atoms. The molecule has 3 aromatic carbocycles. The molecule has 1 amide bonds. The van der Waals surface area contributed by atoms with Crippen molar-refractivity contribution >= 4 is 67.6 Å². The molecule has 1 aliphatic rings. The highest BCUT2D eigenvalue weighted by Gasteiger charge is 2.36. The molecule has 38 heavy (non-hydrogen) atoms. The van der Waals surface area contributed by atoms with E-state index < -0.39 is 17.9 Å². The largest absolute Gasteiger partial charge is 0.481 e. The zero-order valence-corrected chi connectivity index (χ0v) is 23.4. The summed E-state index contributed by atoms with van der Waals surface area (Å²) >= 11 is 16.3. The van der Waals surface area contributed by atoms with Crippen molar-refractivity contribution in [3.63, 3.8) is 0 Å². The third-order valence-electron chi connectivity index (χ3n) is 6.52. The van der Waals surface area contributed by atoms with E-state index in [2.05, 4.69) is 15.9 Å². The Bertz CT molecular complexity index is 1610. The first-order valence-electron chi connectivity index (χ1n) is 11.9. The van der Waals surface area contributed by atoms with Gasteiger partial charge in [0.05, 0.1) is 23.7 Å². The number of fused-ring (bicyclic) bond motifs is 1. The smallest absolute Gasteiger partial charge is 0.303 e. The maximum Gasteiger partial charge on any atom is 0.303 e. The number of hydrazone groups is 1. The Labute approximate surface area is 238 Å². The van der Waals surface area contributed by atoms with E-state index in [4.69, 9.17) is 38.4 Å². The van der Waals surface area contributed by atoms with Crippen molar-refractivity contribution < 1.29 is 14.7 Å². The molecule has 192 valence electrons. The summed E-state index contributed by atoms with van der Waals surface area (Å²) in [4.78, 5) is 29.3. The van der Waals surface area contributed by atoms with Gasteiger partial charge in [-0.25, -0.2) is 5.01 Å². The number of amides is 1. The number of hydrogen-bond acceptors (Lipinski definition) is 4. The molecule has 0 saturated carbocycles. The van der Waals surface area contributed by atoms with E-state index >= 15 is 0 Å². The van der Waals surface area contributed by atoms with Gasteiger partial charge in [0.15, 0.2) is 0 Å². The number of nitrogens with zero attached hydrogens (tertiary/aromatic N) is 3. The topological polar surface area (TPSA) is 82.9 Å². The number of rotatable bonds is 6. The lowest BCUT2D eigenvalue weighted by Gasteiger charge is -2.23. The highest BCUT2D eigenvalue weighted by atomic mass is 79.9. The second-order valence-electron chi connectivity index (χ2n) is 9.04. The van der Waals surface area contributed by atoms with Gasteiger partial charge in [-0.3, -0.25) is 14.6 Å². The van der Waals surface area contributed by atoms with Gasteiger partial charge in [0, 0.05) is 49.6 Å². The first kappa shape index (κ1) is 26.4. The van der Waals surface area contributed by atoms with Gasteiger partial charge < -0.3 is 5.11 Å². The molecule has 5 rings (SSSR count). The highest BCUT2D eigenvalue weighted by Crippen LogP contribution is 2.42. The van der Waals surface area contributed by atoms with Crippen LogP contribution in [0.15, 0.2) is 76.3 Å². The van der Waals surface area contributed by atoms with Crippen molar-refractivity contribution in [2.75, 3.05) is 0 Å². The molecule has 2 heterocycles. The molecule has 4 aromatic rings. The summed E-state index contributed by atoms with van der Waals surface area (Å²) in [6.07, 6.45) is -0.0929. The molecule has 1 N–H and O–H groups in total. The molecule has 9 heteroatoms. The van der Waals surface area contributed by atoms with Gasteiger partial charge in [-0.2, -0.15) is 5.10 Å². The molecule has 0 spiro atoms. The Morgan fingerprint density at radius 3 is 2.50 bits per heavy atom.